The molecule has 0 bridgehead atoms. The zero-order valence-corrected chi connectivity index (χ0v) is 16.5. The van der Waals surface area contributed by atoms with E-state index in [1.165, 1.54) is 11.6 Å². The molecule has 0 radical (unpaired) electrons. The monoisotopic (exact) mass is 396 g/mol. The number of ether oxygens (including phenoxy) is 1. The van der Waals surface area contributed by atoms with Crippen LogP contribution >= 0.6 is 0 Å². The van der Waals surface area contributed by atoms with Gasteiger partial charge in [-0.05, 0) is 26.0 Å². The van der Waals surface area contributed by atoms with Crippen molar-refractivity contribution in [3.8, 4) is 11.4 Å². The summed E-state index contributed by atoms with van der Waals surface area (Å²) in [6.07, 6.45) is 0. The molecule has 0 unspecified atom stereocenters. The summed E-state index contributed by atoms with van der Waals surface area (Å²) in [6.45, 7) is 3.57. The van der Waals surface area contributed by atoms with Crippen molar-refractivity contribution in [3.63, 3.8) is 0 Å². The summed E-state index contributed by atoms with van der Waals surface area (Å²) < 4.78 is 11.5. The third-order valence-electron chi connectivity index (χ3n) is 5.09. The van der Waals surface area contributed by atoms with Gasteiger partial charge in [0, 0.05) is 31.5 Å². The van der Waals surface area contributed by atoms with Crippen molar-refractivity contribution in [2.24, 2.45) is 19.8 Å². The number of imidazole rings is 2. The van der Waals surface area contributed by atoms with Crippen LogP contribution in [0.4, 0.5) is 0 Å². The Bertz CT molecular complexity index is 1420. The number of hydrogen-bond acceptors (Lipinski definition) is 5. The summed E-state index contributed by atoms with van der Waals surface area (Å²) in [4.78, 5) is 40.7. The Morgan fingerprint density at radius 1 is 1.14 bits per heavy atom. The van der Waals surface area contributed by atoms with Gasteiger partial charge < -0.3 is 10.5 Å². The van der Waals surface area contributed by atoms with Crippen LogP contribution in [0.3, 0.4) is 0 Å². The van der Waals surface area contributed by atoms with Gasteiger partial charge in [0.2, 0.25) is 5.78 Å². The summed E-state index contributed by atoms with van der Waals surface area (Å²) in [5.41, 5.74) is 7.38. The van der Waals surface area contributed by atoms with E-state index in [2.05, 4.69) is 4.98 Å². The van der Waals surface area contributed by atoms with Gasteiger partial charge in [-0.1, -0.05) is 6.07 Å². The molecule has 10 heteroatoms. The zero-order chi connectivity index (χ0) is 21.0. The number of primary amides is 1. The van der Waals surface area contributed by atoms with Crippen molar-refractivity contribution in [3.05, 3.63) is 56.5 Å². The van der Waals surface area contributed by atoms with Crippen molar-refractivity contribution in [1.29, 1.82) is 0 Å². The number of benzene rings is 1. The highest BCUT2D eigenvalue weighted by Gasteiger charge is 2.22. The Hall–Kier alpha value is -3.82. The van der Waals surface area contributed by atoms with Crippen LogP contribution in [0, 0.1) is 13.8 Å². The lowest BCUT2D eigenvalue weighted by Gasteiger charge is -2.09. The normalized spacial score (nSPS) is 11.4. The molecule has 0 aliphatic heterocycles. The molecular formula is C19H20N6O4. The van der Waals surface area contributed by atoms with Crippen LogP contribution in [0.2, 0.25) is 0 Å². The van der Waals surface area contributed by atoms with Crippen LogP contribution < -0.4 is 21.7 Å². The molecule has 0 saturated heterocycles. The number of nitrogens with zero attached hydrogens (tertiary/aromatic N) is 5. The Morgan fingerprint density at radius 2 is 1.86 bits per heavy atom. The minimum Gasteiger partial charge on any atom is -0.484 e. The summed E-state index contributed by atoms with van der Waals surface area (Å²) >= 11 is 0. The van der Waals surface area contributed by atoms with Crippen LogP contribution in [0.5, 0.6) is 5.75 Å². The maximum absolute atomic E-state index is 12.8. The van der Waals surface area contributed by atoms with E-state index in [4.69, 9.17) is 10.5 Å². The second kappa shape index (κ2) is 6.36. The van der Waals surface area contributed by atoms with E-state index in [1.807, 2.05) is 24.5 Å². The van der Waals surface area contributed by atoms with E-state index in [9.17, 15) is 14.4 Å². The lowest BCUT2D eigenvalue weighted by molar-refractivity contribution is -0.119. The molecule has 0 spiro atoms. The van der Waals surface area contributed by atoms with Crippen LogP contribution in [-0.2, 0) is 18.9 Å². The number of carbonyl (C=O) groups is 1. The van der Waals surface area contributed by atoms with E-state index in [1.54, 1.807) is 29.6 Å². The molecule has 0 aliphatic carbocycles. The van der Waals surface area contributed by atoms with Crippen LogP contribution in [-0.4, -0.2) is 35.6 Å². The standard InChI is InChI=1S/C19H20N6O4/c1-10-11(2)25-15-16(22(3)19(28)23(4)17(15)27)21-18(25)24(10)12-6-5-7-13(8-12)29-9-14(20)26/h5-8H,9H2,1-4H3,(H2,20,26). The third-order valence-corrected chi connectivity index (χ3v) is 5.09. The van der Waals surface area contributed by atoms with Gasteiger partial charge >= 0.3 is 5.69 Å². The molecule has 0 saturated carbocycles. The summed E-state index contributed by atoms with van der Waals surface area (Å²) in [7, 11) is 3.03. The largest absolute Gasteiger partial charge is 0.484 e. The van der Waals surface area contributed by atoms with Gasteiger partial charge in [0.25, 0.3) is 11.5 Å². The maximum Gasteiger partial charge on any atom is 0.332 e. The molecule has 0 atom stereocenters. The minimum atomic E-state index is -0.568. The molecule has 29 heavy (non-hydrogen) atoms. The summed E-state index contributed by atoms with van der Waals surface area (Å²) in [5, 5.41) is 0. The molecule has 3 aromatic heterocycles. The first kappa shape index (κ1) is 18.5. The number of aromatic nitrogens is 5. The number of rotatable bonds is 4. The molecule has 0 aliphatic rings. The maximum atomic E-state index is 12.8. The smallest absolute Gasteiger partial charge is 0.332 e. The predicted octanol–water partition coefficient (Wildman–Crippen LogP) is 0.157. The van der Waals surface area contributed by atoms with Gasteiger partial charge in [0.15, 0.2) is 17.8 Å². The summed E-state index contributed by atoms with van der Waals surface area (Å²) in [6, 6.07) is 7.12. The molecular weight excluding hydrogens is 376 g/mol. The van der Waals surface area contributed by atoms with Gasteiger partial charge in [-0.15, -0.1) is 0 Å². The minimum absolute atomic E-state index is 0.228. The molecule has 10 nitrogen and oxygen atoms in total. The predicted molar refractivity (Wildman–Crippen MR) is 107 cm³/mol. The van der Waals surface area contributed by atoms with Crippen molar-refractivity contribution >= 4 is 22.8 Å². The first-order valence-corrected chi connectivity index (χ1v) is 8.90. The number of nitrogens with two attached hydrogens (primary N) is 1. The van der Waals surface area contributed by atoms with E-state index in [0.29, 0.717) is 22.7 Å². The molecule has 1 aromatic carbocycles. The number of amides is 1. The average Bonchev–Trinajstić information content (AvgIpc) is 3.19. The van der Waals surface area contributed by atoms with Gasteiger partial charge in [-0.25, -0.2) is 4.79 Å². The zero-order valence-electron chi connectivity index (χ0n) is 16.5. The first-order chi connectivity index (χ1) is 13.7. The Kier molecular flexibility index (Phi) is 4.07. The number of hydrogen-bond donors (Lipinski definition) is 1. The van der Waals surface area contributed by atoms with Gasteiger partial charge in [-0.3, -0.25) is 27.7 Å². The van der Waals surface area contributed by atoms with Gasteiger partial charge in [0.05, 0.1) is 5.69 Å². The van der Waals surface area contributed by atoms with Crippen LogP contribution in [0.25, 0.3) is 22.6 Å². The highest BCUT2D eigenvalue weighted by atomic mass is 16.5. The van der Waals surface area contributed by atoms with Crippen molar-refractivity contribution in [1.82, 2.24) is 23.1 Å². The van der Waals surface area contributed by atoms with Gasteiger partial charge in [0.1, 0.15) is 5.75 Å². The van der Waals surface area contributed by atoms with Crippen molar-refractivity contribution in [2.75, 3.05) is 6.61 Å². The van der Waals surface area contributed by atoms with Gasteiger partial charge in [-0.2, -0.15) is 4.98 Å². The second-order valence-corrected chi connectivity index (χ2v) is 6.88. The van der Waals surface area contributed by atoms with Crippen LogP contribution in [0.1, 0.15) is 11.4 Å². The first-order valence-electron chi connectivity index (χ1n) is 8.90. The molecule has 0 fully saturated rings. The van der Waals surface area contributed by atoms with E-state index < -0.39 is 17.2 Å². The van der Waals surface area contributed by atoms with E-state index >= 15 is 0 Å². The second-order valence-electron chi connectivity index (χ2n) is 6.88. The molecule has 3 heterocycles. The molecule has 4 aromatic rings. The quantitative estimate of drug-likeness (QED) is 0.527. The topological polar surface area (TPSA) is 119 Å². The highest BCUT2D eigenvalue weighted by Crippen LogP contribution is 2.26. The fraction of sp³-hybridized carbons (Fsp3) is 0.263. The molecule has 150 valence electrons. The molecule has 1 amide bonds. The van der Waals surface area contributed by atoms with E-state index in [-0.39, 0.29) is 6.61 Å². The molecule has 4 rings (SSSR count). The SMILES string of the molecule is Cc1c(C)n2c3c(=O)n(C)c(=O)n(C)c3nc2n1-c1cccc(OCC(N)=O)c1. The van der Waals surface area contributed by atoms with E-state index in [0.717, 1.165) is 21.6 Å². The Morgan fingerprint density at radius 3 is 2.55 bits per heavy atom. The lowest BCUT2D eigenvalue weighted by Crippen LogP contribution is -2.37. The third kappa shape index (κ3) is 2.64. The summed E-state index contributed by atoms with van der Waals surface area (Å²) in [5.74, 6) is 0.409. The highest BCUT2D eigenvalue weighted by molar-refractivity contribution is 5.77. The lowest BCUT2D eigenvalue weighted by atomic mass is 10.2. The number of fused-ring (bicyclic) bond motifs is 3. The fourth-order valence-corrected chi connectivity index (χ4v) is 3.50. The Labute approximate surface area is 164 Å². The van der Waals surface area contributed by atoms with Crippen molar-refractivity contribution in [2.45, 2.75) is 13.8 Å². The number of aryl methyl sites for hydroxylation is 2. The van der Waals surface area contributed by atoms with Crippen LogP contribution in [0.15, 0.2) is 33.9 Å². The number of carbonyl (C=O) groups excluding carboxylic acids is 1. The molecule has 2 N–H and O–H groups in total. The van der Waals surface area contributed by atoms with Crippen molar-refractivity contribution < 1.29 is 9.53 Å². The fourth-order valence-electron chi connectivity index (χ4n) is 3.50. The average molecular weight is 396 g/mol. The Balaban J connectivity index is 2.04.